The molecule has 2 nitrogen and oxygen atoms in total. The van der Waals surface area contributed by atoms with Crippen molar-refractivity contribution in [1.82, 2.24) is 5.32 Å². The average Bonchev–Trinajstić information content (AvgIpc) is 2.47. The van der Waals surface area contributed by atoms with Gasteiger partial charge in [0.2, 0.25) is 0 Å². The van der Waals surface area contributed by atoms with Gasteiger partial charge in [0.1, 0.15) is 11.6 Å². The molecule has 1 heterocycles. The minimum absolute atomic E-state index is 0.194. The van der Waals surface area contributed by atoms with Crippen LogP contribution in [0.25, 0.3) is 0 Å². The minimum atomic E-state index is -0.194. The second-order valence-electron chi connectivity index (χ2n) is 5.24. The average molecular weight is 271 g/mol. The Balaban J connectivity index is 1.73. The molecule has 1 aliphatic rings. The van der Waals surface area contributed by atoms with Crippen molar-refractivity contribution in [1.29, 1.82) is 0 Å². The van der Waals surface area contributed by atoms with E-state index in [2.05, 4.69) is 24.4 Å². The van der Waals surface area contributed by atoms with Crippen LogP contribution in [0.1, 0.15) is 29.2 Å². The van der Waals surface area contributed by atoms with E-state index in [1.54, 1.807) is 0 Å². The van der Waals surface area contributed by atoms with Gasteiger partial charge in [0.15, 0.2) is 0 Å². The van der Waals surface area contributed by atoms with Crippen LogP contribution in [0.3, 0.4) is 0 Å². The molecule has 0 bridgehead atoms. The Labute approximate surface area is 118 Å². The predicted molar refractivity (Wildman–Crippen MR) is 77.3 cm³/mol. The van der Waals surface area contributed by atoms with E-state index in [4.69, 9.17) is 4.74 Å². The third-order valence-corrected chi connectivity index (χ3v) is 3.67. The molecule has 20 heavy (non-hydrogen) atoms. The highest BCUT2D eigenvalue weighted by Gasteiger charge is 2.20. The molecule has 0 fully saturated rings. The highest BCUT2D eigenvalue weighted by molar-refractivity contribution is 5.40. The first kappa shape index (κ1) is 13.1. The summed E-state index contributed by atoms with van der Waals surface area (Å²) in [5, 5.41) is 3.54. The molecule has 3 heteroatoms. The highest BCUT2D eigenvalue weighted by atomic mass is 19.1. The maximum atomic E-state index is 12.9. The summed E-state index contributed by atoms with van der Waals surface area (Å²) in [5.41, 5.74) is 3.55. The van der Waals surface area contributed by atoms with Crippen LogP contribution in [0.4, 0.5) is 4.39 Å². The first-order chi connectivity index (χ1) is 9.72. The molecular weight excluding hydrogens is 253 g/mol. The van der Waals surface area contributed by atoms with Gasteiger partial charge in [0.25, 0.3) is 0 Å². The molecule has 104 valence electrons. The van der Waals surface area contributed by atoms with E-state index in [0.29, 0.717) is 6.04 Å². The van der Waals surface area contributed by atoms with Gasteiger partial charge in [0, 0.05) is 24.6 Å². The molecule has 1 unspecified atom stereocenters. The Hall–Kier alpha value is -1.87. The zero-order valence-corrected chi connectivity index (χ0v) is 11.5. The van der Waals surface area contributed by atoms with Gasteiger partial charge in [-0.3, -0.25) is 0 Å². The van der Waals surface area contributed by atoms with Gasteiger partial charge in [-0.05, 0) is 30.7 Å². The molecule has 0 saturated carbocycles. The van der Waals surface area contributed by atoms with Crippen molar-refractivity contribution < 1.29 is 9.13 Å². The number of fused-ring (bicyclic) bond motifs is 1. The summed E-state index contributed by atoms with van der Waals surface area (Å²) >= 11 is 0. The van der Waals surface area contributed by atoms with Crippen molar-refractivity contribution in [3.63, 3.8) is 0 Å². The van der Waals surface area contributed by atoms with Crippen molar-refractivity contribution in [2.45, 2.75) is 25.9 Å². The summed E-state index contributed by atoms with van der Waals surface area (Å²) in [6.07, 6.45) is 0.956. The van der Waals surface area contributed by atoms with E-state index in [-0.39, 0.29) is 5.82 Å². The van der Waals surface area contributed by atoms with E-state index >= 15 is 0 Å². The van der Waals surface area contributed by atoms with Crippen LogP contribution < -0.4 is 10.1 Å². The number of nitrogens with one attached hydrogen (secondary N) is 1. The first-order valence-electron chi connectivity index (χ1n) is 6.93. The summed E-state index contributed by atoms with van der Waals surface area (Å²) in [6, 6.07) is 13.2. The SMILES string of the molecule is Cc1ccc2c(c1)C(NCc1ccc(F)cc1)CCO2. The summed E-state index contributed by atoms with van der Waals surface area (Å²) in [6.45, 7) is 3.56. The molecule has 1 atom stereocenters. The molecule has 0 saturated heterocycles. The van der Waals surface area contributed by atoms with Crippen molar-refractivity contribution in [3.8, 4) is 5.75 Å². The number of benzene rings is 2. The van der Waals surface area contributed by atoms with Gasteiger partial charge in [-0.1, -0.05) is 29.8 Å². The fourth-order valence-corrected chi connectivity index (χ4v) is 2.57. The Kier molecular flexibility index (Phi) is 3.70. The Morgan fingerprint density at radius 2 is 2.00 bits per heavy atom. The standard InChI is InChI=1S/C17H18FNO/c1-12-2-7-17-15(10-12)16(8-9-20-17)19-11-13-3-5-14(18)6-4-13/h2-7,10,16,19H,8-9,11H2,1H3. The lowest BCUT2D eigenvalue weighted by Gasteiger charge is -2.27. The number of ether oxygens (including phenoxy) is 1. The zero-order valence-electron chi connectivity index (χ0n) is 11.5. The molecule has 0 radical (unpaired) electrons. The van der Waals surface area contributed by atoms with Gasteiger partial charge < -0.3 is 10.1 Å². The lowest BCUT2D eigenvalue weighted by Crippen LogP contribution is -2.26. The summed E-state index contributed by atoms with van der Waals surface area (Å²) < 4.78 is 18.6. The quantitative estimate of drug-likeness (QED) is 0.918. The fourth-order valence-electron chi connectivity index (χ4n) is 2.57. The Morgan fingerprint density at radius 3 is 2.80 bits per heavy atom. The number of hydrogen-bond donors (Lipinski definition) is 1. The molecule has 2 aromatic carbocycles. The van der Waals surface area contributed by atoms with Crippen LogP contribution in [0, 0.1) is 12.7 Å². The molecule has 1 aliphatic heterocycles. The summed E-state index contributed by atoms with van der Waals surface area (Å²) in [7, 11) is 0. The zero-order chi connectivity index (χ0) is 13.9. The molecule has 0 aromatic heterocycles. The molecule has 0 amide bonds. The van der Waals surface area contributed by atoms with Gasteiger partial charge in [-0.2, -0.15) is 0 Å². The Bertz CT molecular complexity index is 594. The molecule has 0 spiro atoms. The summed E-state index contributed by atoms with van der Waals surface area (Å²) in [4.78, 5) is 0. The number of hydrogen-bond acceptors (Lipinski definition) is 2. The number of halogens is 1. The van der Waals surface area contributed by atoms with Gasteiger partial charge in [0.05, 0.1) is 6.61 Å². The van der Waals surface area contributed by atoms with Crippen LogP contribution in [0.15, 0.2) is 42.5 Å². The van der Waals surface area contributed by atoms with Gasteiger partial charge in [-0.25, -0.2) is 4.39 Å². The maximum Gasteiger partial charge on any atom is 0.124 e. The maximum absolute atomic E-state index is 12.9. The van der Waals surface area contributed by atoms with E-state index in [1.807, 2.05) is 18.2 Å². The summed E-state index contributed by atoms with van der Waals surface area (Å²) in [5.74, 6) is 0.777. The van der Waals surface area contributed by atoms with E-state index in [0.717, 1.165) is 30.9 Å². The number of aryl methyl sites for hydroxylation is 1. The third kappa shape index (κ3) is 2.83. The molecule has 3 rings (SSSR count). The van der Waals surface area contributed by atoms with Crippen molar-refractivity contribution in [3.05, 3.63) is 65.0 Å². The van der Waals surface area contributed by atoms with Crippen molar-refractivity contribution in [2.75, 3.05) is 6.61 Å². The lowest BCUT2D eigenvalue weighted by molar-refractivity contribution is 0.252. The van der Waals surface area contributed by atoms with Crippen LogP contribution in [0.5, 0.6) is 5.75 Å². The first-order valence-corrected chi connectivity index (χ1v) is 6.93. The van der Waals surface area contributed by atoms with E-state index in [1.165, 1.54) is 23.3 Å². The number of rotatable bonds is 3. The second kappa shape index (κ2) is 5.63. The Morgan fingerprint density at radius 1 is 1.20 bits per heavy atom. The normalized spacial score (nSPS) is 17.4. The van der Waals surface area contributed by atoms with Crippen LogP contribution >= 0.6 is 0 Å². The topological polar surface area (TPSA) is 21.3 Å². The largest absolute Gasteiger partial charge is 0.493 e. The monoisotopic (exact) mass is 271 g/mol. The fraction of sp³-hybridized carbons (Fsp3) is 0.294. The predicted octanol–water partition coefficient (Wildman–Crippen LogP) is 3.75. The van der Waals surface area contributed by atoms with Gasteiger partial charge in [-0.15, -0.1) is 0 Å². The van der Waals surface area contributed by atoms with E-state index < -0.39 is 0 Å². The van der Waals surface area contributed by atoms with Crippen molar-refractivity contribution in [2.24, 2.45) is 0 Å². The van der Waals surface area contributed by atoms with Crippen LogP contribution in [-0.4, -0.2) is 6.61 Å². The highest BCUT2D eigenvalue weighted by Crippen LogP contribution is 2.32. The molecule has 2 aromatic rings. The van der Waals surface area contributed by atoms with Crippen LogP contribution in [-0.2, 0) is 6.54 Å². The van der Waals surface area contributed by atoms with Gasteiger partial charge >= 0.3 is 0 Å². The smallest absolute Gasteiger partial charge is 0.124 e. The van der Waals surface area contributed by atoms with E-state index in [9.17, 15) is 4.39 Å². The molecule has 1 N–H and O–H groups in total. The van der Waals surface area contributed by atoms with Crippen molar-refractivity contribution >= 4 is 0 Å². The second-order valence-corrected chi connectivity index (χ2v) is 5.24. The van der Waals surface area contributed by atoms with Crippen LogP contribution in [0.2, 0.25) is 0 Å². The lowest BCUT2D eigenvalue weighted by atomic mass is 9.98. The minimum Gasteiger partial charge on any atom is -0.493 e. The third-order valence-electron chi connectivity index (χ3n) is 3.67. The molecule has 0 aliphatic carbocycles. The molecular formula is C17H18FNO.